The summed E-state index contributed by atoms with van der Waals surface area (Å²) < 4.78 is 5.18. The average Bonchev–Trinajstić information content (AvgIpc) is 2.75. The van der Waals surface area contributed by atoms with Gasteiger partial charge < -0.3 is 9.32 Å². The van der Waals surface area contributed by atoms with Gasteiger partial charge in [-0.15, -0.1) is 0 Å². The highest BCUT2D eigenvalue weighted by molar-refractivity contribution is 5.91. The number of rotatable bonds is 1. The van der Waals surface area contributed by atoms with Crippen molar-refractivity contribution < 1.29 is 9.21 Å². The zero-order chi connectivity index (χ0) is 11.7. The molecule has 0 aliphatic carbocycles. The summed E-state index contributed by atoms with van der Waals surface area (Å²) in [4.78, 5) is 14.1. The third kappa shape index (κ3) is 1.99. The molecule has 3 unspecified atom stereocenters. The monoisotopic (exact) mass is 221 g/mol. The summed E-state index contributed by atoms with van der Waals surface area (Å²) in [6.07, 6.45) is 2.75. The summed E-state index contributed by atoms with van der Waals surface area (Å²) in [5, 5.41) is 0. The van der Waals surface area contributed by atoms with E-state index in [4.69, 9.17) is 4.42 Å². The van der Waals surface area contributed by atoms with Gasteiger partial charge in [-0.25, -0.2) is 0 Å². The minimum Gasteiger partial charge on any atom is -0.459 e. The Labute approximate surface area is 96.4 Å². The number of hydrogen-bond donors (Lipinski definition) is 0. The lowest BCUT2D eigenvalue weighted by Gasteiger charge is -2.40. The van der Waals surface area contributed by atoms with Gasteiger partial charge in [-0.05, 0) is 37.3 Å². The van der Waals surface area contributed by atoms with E-state index in [2.05, 4.69) is 20.8 Å². The van der Waals surface area contributed by atoms with Crippen LogP contribution < -0.4 is 0 Å². The largest absolute Gasteiger partial charge is 0.459 e. The third-order valence-corrected chi connectivity index (χ3v) is 3.59. The molecule has 2 heterocycles. The van der Waals surface area contributed by atoms with Gasteiger partial charge in [-0.2, -0.15) is 0 Å². The summed E-state index contributed by atoms with van der Waals surface area (Å²) >= 11 is 0. The first-order chi connectivity index (χ1) is 7.59. The maximum absolute atomic E-state index is 12.2. The Kier molecular flexibility index (Phi) is 3.03. The van der Waals surface area contributed by atoms with Crippen molar-refractivity contribution in [3.05, 3.63) is 24.2 Å². The van der Waals surface area contributed by atoms with Gasteiger partial charge in [0.1, 0.15) is 0 Å². The van der Waals surface area contributed by atoms with Crippen LogP contribution in [-0.4, -0.2) is 23.4 Å². The van der Waals surface area contributed by atoms with Crippen LogP contribution >= 0.6 is 0 Å². The molecule has 3 heteroatoms. The van der Waals surface area contributed by atoms with Crippen LogP contribution in [0.2, 0.25) is 0 Å². The molecule has 1 saturated heterocycles. The molecule has 0 saturated carbocycles. The molecule has 0 aromatic carbocycles. The maximum Gasteiger partial charge on any atom is 0.289 e. The van der Waals surface area contributed by atoms with Gasteiger partial charge in [0.05, 0.1) is 6.26 Å². The number of carbonyl (C=O) groups excluding carboxylic acids is 1. The molecule has 0 radical (unpaired) electrons. The maximum atomic E-state index is 12.2. The Morgan fingerprint density at radius 1 is 1.44 bits per heavy atom. The molecule has 1 aromatic rings. The Bertz CT molecular complexity index is 358. The Morgan fingerprint density at radius 2 is 2.19 bits per heavy atom. The predicted octanol–water partition coefficient (Wildman–Crippen LogP) is 2.79. The molecular formula is C13H19NO2. The lowest BCUT2D eigenvalue weighted by molar-refractivity contribution is 0.0425. The minimum absolute atomic E-state index is 0.0240. The molecule has 0 spiro atoms. The third-order valence-electron chi connectivity index (χ3n) is 3.59. The summed E-state index contributed by atoms with van der Waals surface area (Å²) in [6.45, 7) is 7.37. The van der Waals surface area contributed by atoms with Crippen LogP contribution in [0, 0.1) is 11.8 Å². The summed E-state index contributed by atoms with van der Waals surface area (Å²) in [5.74, 6) is 1.61. The van der Waals surface area contributed by atoms with Crippen LogP contribution in [0.1, 0.15) is 37.7 Å². The molecule has 16 heavy (non-hydrogen) atoms. The summed E-state index contributed by atoms with van der Waals surface area (Å²) in [5.41, 5.74) is 0. The SMILES string of the molecule is CC1CC(C)C(C)N(C(=O)c2ccco2)C1. The van der Waals surface area contributed by atoms with E-state index in [1.165, 1.54) is 6.42 Å². The van der Waals surface area contributed by atoms with E-state index >= 15 is 0 Å². The number of carbonyl (C=O) groups is 1. The van der Waals surface area contributed by atoms with E-state index in [9.17, 15) is 4.79 Å². The van der Waals surface area contributed by atoms with Gasteiger partial charge >= 0.3 is 0 Å². The molecular weight excluding hydrogens is 202 g/mol. The number of amides is 1. The van der Waals surface area contributed by atoms with Crippen molar-refractivity contribution in [1.82, 2.24) is 4.90 Å². The van der Waals surface area contributed by atoms with Crippen molar-refractivity contribution >= 4 is 5.91 Å². The fraction of sp³-hybridized carbons (Fsp3) is 0.615. The highest BCUT2D eigenvalue weighted by atomic mass is 16.3. The van der Waals surface area contributed by atoms with E-state index < -0.39 is 0 Å². The smallest absolute Gasteiger partial charge is 0.289 e. The van der Waals surface area contributed by atoms with Gasteiger partial charge in [-0.1, -0.05) is 13.8 Å². The second kappa shape index (κ2) is 4.32. The van der Waals surface area contributed by atoms with E-state index in [0.717, 1.165) is 6.54 Å². The van der Waals surface area contributed by atoms with Crippen molar-refractivity contribution in [2.24, 2.45) is 11.8 Å². The molecule has 1 aromatic heterocycles. The first-order valence-electron chi connectivity index (χ1n) is 5.94. The first kappa shape index (κ1) is 11.2. The van der Waals surface area contributed by atoms with E-state index in [-0.39, 0.29) is 5.91 Å². The Balaban J connectivity index is 2.16. The number of hydrogen-bond acceptors (Lipinski definition) is 2. The fourth-order valence-corrected chi connectivity index (χ4v) is 2.53. The number of likely N-dealkylation sites (tertiary alicyclic amines) is 1. The van der Waals surface area contributed by atoms with Gasteiger partial charge in [0.25, 0.3) is 5.91 Å². The average molecular weight is 221 g/mol. The topological polar surface area (TPSA) is 33.5 Å². The van der Waals surface area contributed by atoms with Gasteiger partial charge in [0.15, 0.2) is 5.76 Å². The molecule has 2 rings (SSSR count). The van der Waals surface area contributed by atoms with Crippen LogP contribution in [0.15, 0.2) is 22.8 Å². The lowest BCUT2D eigenvalue weighted by Crippen LogP contribution is -2.48. The minimum atomic E-state index is 0.0240. The lowest BCUT2D eigenvalue weighted by atomic mass is 9.86. The zero-order valence-electron chi connectivity index (χ0n) is 10.1. The normalized spacial score (nSPS) is 30.4. The van der Waals surface area contributed by atoms with Crippen molar-refractivity contribution in [2.45, 2.75) is 33.2 Å². The Morgan fingerprint density at radius 3 is 2.81 bits per heavy atom. The Hall–Kier alpha value is -1.25. The van der Waals surface area contributed by atoms with Crippen molar-refractivity contribution in [2.75, 3.05) is 6.54 Å². The molecule has 88 valence electrons. The van der Waals surface area contributed by atoms with Gasteiger partial charge in [-0.3, -0.25) is 4.79 Å². The van der Waals surface area contributed by atoms with E-state index in [0.29, 0.717) is 23.6 Å². The van der Waals surface area contributed by atoms with Crippen LogP contribution in [0.25, 0.3) is 0 Å². The predicted molar refractivity (Wildman–Crippen MR) is 62.2 cm³/mol. The second-order valence-corrected chi connectivity index (χ2v) is 4.99. The molecule has 3 nitrogen and oxygen atoms in total. The number of nitrogens with zero attached hydrogens (tertiary/aromatic N) is 1. The van der Waals surface area contributed by atoms with Crippen molar-refractivity contribution in [3.63, 3.8) is 0 Å². The van der Waals surface area contributed by atoms with Crippen LogP contribution in [0.3, 0.4) is 0 Å². The fourth-order valence-electron chi connectivity index (χ4n) is 2.53. The summed E-state index contributed by atoms with van der Waals surface area (Å²) in [7, 11) is 0. The van der Waals surface area contributed by atoms with Crippen LogP contribution in [0.4, 0.5) is 0 Å². The van der Waals surface area contributed by atoms with Crippen molar-refractivity contribution in [1.29, 1.82) is 0 Å². The van der Waals surface area contributed by atoms with Gasteiger partial charge in [0, 0.05) is 12.6 Å². The van der Waals surface area contributed by atoms with Crippen LogP contribution in [0.5, 0.6) is 0 Å². The molecule has 1 aliphatic rings. The molecule has 1 amide bonds. The van der Waals surface area contributed by atoms with Crippen LogP contribution in [-0.2, 0) is 0 Å². The summed E-state index contributed by atoms with van der Waals surface area (Å²) in [6, 6.07) is 3.79. The molecule has 1 fully saturated rings. The molecule has 3 atom stereocenters. The highest BCUT2D eigenvalue weighted by Crippen LogP contribution is 2.28. The molecule has 0 N–H and O–H groups in total. The van der Waals surface area contributed by atoms with E-state index in [1.807, 2.05) is 4.90 Å². The number of piperidine rings is 1. The second-order valence-electron chi connectivity index (χ2n) is 4.99. The van der Waals surface area contributed by atoms with E-state index in [1.54, 1.807) is 18.4 Å². The first-order valence-corrected chi connectivity index (χ1v) is 5.94. The standard InChI is InChI=1S/C13H19NO2/c1-9-7-10(2)11(3)14(8-9)13(15)12-5-4-6-16-12/h4-6,9-11H,7-8H2,1-3H3. The quantitative estimate of drug-likeness (QED) is 0.730. The number of furan rings is 1. The van der Waals surface area contributed by atoms with Crippen molar-refractivity contribution in [3.8, 4) is 0 Å². The highest BCUT2D eigenvalue weighted by Gasteiger charge is 2.33. The molecule has 1 aliphatic heterocycles. The zero-order valence-corrected chi connectivity index (χ0v) is 10.1. The molecule has 0 bridgehead atoms. The van der Waals surface area contributed by atoms with Gasteiger partial charge in [0.2, 0.25) is 0 Å².